The quantitative estimate of drug-likeness (QED) is 0.661. The Hall–Kier alpha value is -2.33. The molecule has 1 heterocycles. The molecule has 3 nitrogen and oxygen atoms in total. The first-order chi connectivity index (χ1) is 11.8. The van der Waals surface area contributed by atoms with E-state index in [0.29, 0.717) is 0 Å². The Bertz CT molecular complexity index is 769. The van der Waals surface area contributed by atoms with Crippen LogP contribution in [0.3, 0.4) is 0 Å². The summed E-state index contributed by atoms with van der Waals surface area (Å²) in [5.41, 5.74) is 5.71. The molecule has 0 aliphatic rings. The largest absolute Gasteiger partial charge is 0.389 e. The van der Waals surface area contributed by atoms with Gasteiger partial charge in [0.05, 0.1) is 15.2 Å². The first-order valence-corrected chi connectivity index (χ1v) is 9.10. The molecule has 2 aromatic rings. The van der Waals surface area contributed by atoms with Crippen molar-refractivity contribution in [3.63, 3.8) is 0 Å². The van der Waals surface area contributed by atoms with Crippen molar-refractivity contribution in [2.75, 3.05) is 6.54 Å². The summed E-state index contributed by atoms with van der Waals surface area (Å²) in [6.45, 7) is 20.3. The summed E-state index contributed by atoms with van der Waals surface area (Å²) >= 11 is 1.73. The fourth-order valence-electron chi connectivity index (χ4n) is 2.05. The van der Waals surface area contributed by atoms with Crippen molar-refractivity contribution in [2.45, 2.75) is 34.1 Å². The number of nitrogens with zero attached hydrogens (tertiary/aromatic N) is 1. The third-order valence-electron chi connectivity index (χ3n) is 3.38. The van der Waals surface area contributed by atoms with E-state index in [2.05, 4.69) is 60.5 Å². The summed E-state index contributed by atoms with van der Waals surface area (Å²) < 4.78 is 1.25. The minimum atomic E-state index is 0.941. The second-order valence-electron chi connectivity index (χ2n) is 6.01. The van der Waals surface area contributed by atoms with Gasteiger partial charge in [-0.1, -0.05) is 36.9 Å². The number of allylic oxidation sites excluding steroid dienone is 2. The van der Waals surface area contributed by atoms with E-state index in [9.17, 15) is 0 Å². The minimum Gasteiger partial charge on any atom is -0.389 e. The lowest BCUT2D eigenvalue weighted by Gasteiger charge is -2.04. The Morgan fingerprint density at radius 2 is 1.96 bits per heavy atom. The molecule has 134 valence electrons. The van der Waals surface area contributed by atoms with Crippen LogP contribution < -0.4 is 10.6 Å². The van der Waals surface area contributed by atoms with Crippen LogP contribution in [0, 0.1) is 6.92 Å². The van der Waals surface area contributed by atoms with Gasteiger partial charge in [0.25, 0.3) is 0 Å². The van der Waals surface area contributed by atoms with Crippen LogP contribution in [-0.4, -0.2) is 11.5 Å². The Balaban J connectivity index is 0.000000252. The van der Waals surface area contributed by atoms with Gasteiger partial charge in [0.2, 0.25) is 0 Å². The molecule has 0 fully saturated rings. The van der Waals surface area contributed by atoms with Crippen LogP contribution in [0.1, 0.15) is 37.8 Å². The lowest BCUT2D eigenvalue weighted by atomic mass is 10.1. The molecular formula is C21H29N3S. The zero-order valence-electron chi connectivity index (χ0n) is 15.8. The highest BCUT2D eigenvalue weighted by atomic mass is 32.1. The molecule has 25 heavy (non-hydrogen) atoms. The van der Waals surface area contributed by atoms with Gasteiger partial charge in [-0.25, -0.2) is 4.98 Å². The van der Waals surface area contributed by atoms with Gasteiger partial charge in [0.1, 0.15) is 0 Å². The molecule has 0 unspecified atom stereocenters. The first kappa shape index (κ1) is 20.7. The second-order valence-corrected chi connectivity index (χ2v) is 7.25. The Morgan fingerprint density at radius 1 is 1.24 bits per heavy atom. The van der Waals surface area contributed by atoms with Gasteiger partial charge in [0.15, 0.2) is 0 Å². The summed E-state index contributed by atoms with van der Waals surface area (Å²) in [6.07, 6.45) is 4.64. The van der Waals surface area contributed by atoms with Crippen molar-refractivity contribution in [3.8, 4) is 0 Å². The Labute approximate surface area is 155 Å². The number of nitrogens with one attached hydrogen (secondary N) is 2. The van der Waals surface area contributed by atoms with Gasteiger partial charge in [-0.2, -0.15) is 0 Å². The van der Waals surface area contributed by atoms with Gasteiger partial charge in [-0.05, 0) is 64.2 Å². The van der Waals surface area contributed by atoms with Crippen molar-refractivity contribution < 1.29 is 0 Å². The van der Waals surface area contributed by atoms with E-state index in [-0.39, 0.29) is 0 Å². The first-order valence-electron chi connectivity index (χ1n) is 8.28. The van der Waals surface area contributed by atoms with Gasteiger partial charge >= 0.3 is 0 Å². The van der Waals surface area contributed by atoms with Crippen molar-refractivity contribution in [1.82, 2.24) is 15.6 Å². The molecule has 0 saturated heterocycles. The lowest BCUT2D eigenvalue weighted by molar-refractivity contribution is 0.781. The van der Waals surface area contributed by atoms with Crippen LogP contribution in [0.5, 0.6) is 0 Å². The molecule has 0 bridgehead atoms. The summed E-state index contributed by atoms with van der Waals surface area (Å²) in [5, 5.41) is 7.22. The monoisotopic (exact) mass is 355 g/mol. The highest BCUT2D eigenvalue weighted by Gasteiger charge is 2.01. The molecule has 0 aliphatic carbocycles. The molecule has 1 aromatic carbocycles. The molecule has 2 N–H and O–H groups in total. The van der Waals surface area contributed by atoms with E-state index < -0.39 is 0 Å². The maximum Gasteiger partial charge on any atom is 0.0907 e. The number of benzene rings is 1. The van der Waals surface area contributed by atoms with Crippen LogP contribution in [-0.2, 0) is 0 Å². The number of hydrogen-bond donors (Lipinski definition) is 2. The number of rotatable bonds is 7. The van der Waals surface area contributed by atoms with E-state index in [0.717, 1.165) is 34.8 Å². The maximum atomic E-state index is 4.40. The fourth-order valence-corrected chi connectivity index (χ4v) is 2.92. The van der Waals surface area contributed by atoms with Crippen LogP contribution in [0.25, 0.3) is 15.8 Å². The molecule has 0 atom stereocenters. The highest BCUT2D eigenvalue weighted by Crippen LogP contribution is 2.24. The Kier molecular flexibility index (Phi) is 8.71. The van der Waals surface area contributed by atoms with E-state index in [4.69, 9.17) is 0 Å². The molecule has 0 amide bonds. The molecular weight excluding hydrogens is 326 g/mol. The highest BCUT2D eigenvalue weighted by molar-refractivity contribution is 7.18. The van der Waals surface area contributed by atoms with Crippen LogP contribution in [0.2, 0.25) is 0 Å². The lowest BCUT2D eigenvalue weighted by Crippen LogP contribution is -2.12. The van der Waals surface area contributed by atoms with Gasteiger partial charge in [0, 0.05) is 12.2 Å². The molecule has 0 radical (unpaired) electrons. The van der Waals surface area contributed by atoms with Crippen LogP contribution in [0.15, 0.2) is 61.6 Å². The second kappa shape index (κ2) is 10.5. The third kappa shape index (κ3) is 7.86. The molecule has 4 heteroatoms. The van der Waals surface area contributed by atoms with Gasteiger partial charge < -0.3 is 10.6 Å². The number of aromatic nitrogens is 1. The summed E-state index contributed by atoms with van der Waals surface area (Å²) in [7, 11) is 0. The van der Waals surface area contributed by atoms with Crippen LogP contribution >= 0.6 is 11.3 Å². The van der Waals surface area contributed by atoms with Gasteiger partial charge in [-0.3, -0.25) is 0 Å². The van der Waals surface area contributed by atoms with Gasteiger partial charge in [-0.15, -0.1) is 11.3 Å². The standard InChI is InChI=1S/C11H11NS.C10H18N2/c1-7(2)9-4-5-10-11(6-9)13-8(3)12-10;1-5-11-8-10(4)6-7-12-9(2)3/h4-6H,1H2,2-3H3;5,8,11-12H,1-2,6-7H2,3-4H3/b;10-8+. The average Bonchev–Trinajstić information content (AvgIpc) is 2.92. The molecule has 0 saturated carbocycles. The SMILES string of the molecule is C=C(C)c1ccc2nc(C)sc2c1.C=CN/C=C(\C)CCNC(=C)C. The number of aryl methyl sites for hydroxylation is 1. The smallest absolute Gasteiger partial charge is 0.0907 e. The topological polar surface area (TPSA) is 37.0 Å². The molecule has 1 aromatic heterocycles. The molecule has 2 rings (SSSR count). The van der Waals surface area contributed by atoms with E-state index in [1.165, 1.54) is 15.8 Å². The number of fused-ring (bicyclic) bond motifs is 1. The predicted octanol–water partition coefficient (Wildman–Crippen LogP) is 5.77. The van der Waals surface area contributed by atoms with Crippen molar-refractivity contribution in [2.24, 2.45) is 0 Å². The predicted molar refractivity (Wildman–Crippen MR) is 114 cm³/mol. The van der Waals surface area contributed by atoms with Crippen molar-refractivity contribution in [1.29, 1.82) is 0 Å². The normalized spacial score (nSPS) is 10.6. The van der Waals surface area contributed by atoms with Crippen LogP contribution in [0.4, 0.5) is 0 Å². The maximum absolute atomic E-state index is 4.40. The molecule has 0 aliphatic heterocycles. The van der Waals surface area contributed by atoms with E-state index >= 15 is 0 Å². The zero-order valence-corrected chi connectivity index (χ0v) is 16.6. The Morgan fingerprint density at radius 3 is 2.56 bits per heavy atom. The average molecular weight is 356 g/mol. The van der Waals surface area contributed by atoms with E-state index in [1.807, 2.05) is 27.0 Å². The summed E-state index contributed by atoms with van der Waals surface area (Å²) in [6, 6.07) is 6.29. The summed E-state index contributed by atoms with van der Waals surface area (Å²) in [5.74, 6) is 0. The minimum absolute atomic E-state index is 0.941. The van der Waals surface area contributed by atoms with Crippen molar-refractivity contribution >= 4 is 27.1 Å². The number of hydrogen-bond acceptors (Lipinski definition) is 4. The van der Waals surface area contributed by atoms with Crippen molar-refractivity contribution in [3.05, 3.63) is 72.2 Å². The molecule has 0 spiro atoms. The summed E-state index contributed by atoms with van der Waals surface area (Å²) in [4.78, 5) is 4.40. The fraction of sp³-hybridized carbons (Fsp3) is 0.286. The third-order valence-corrected chi connectivity index (χ3v) is 4.32. The van der Waals surface area contributed by atoms with E-state index in [1.54, 1.807) is 17.5 Å². The number of thiazole rings is 1. The zero-order chi connectivity index (χ0) is 18.8.